The molecule has 0 bridgehead atoms. The zero-order valence-corrected chi connectivity index (χ0v) is 12.3. The van der Waals surface area contributed by atoms with Crippen molar-refractivity contribution in [2.24, 2.45) is 0 Å². The fourth-order valence-electron chi connectivity index (χ4n) is 2.53. The minimum Gasteiger partial charge on any atom is -0.497 e. The topological polar surface area (TPSA) is 32.7 Å². The minimum atomic E-state index is -2.46. The maximum Gasteiger partial charge on any atom is 0.118 e. The standard InChI is InChI=1S/C17H27NO2/c1-18(2)13-16(17(19)11-5-4-6-12-17)14-7-9-15(20-3)10-8-14/h7-10,16,19H,4-6,11-13H2,1-3H3/i7D,8D,9D,10D,13D2,16D. The molecule has 3 heteroatoms. The van der Waals surface area contributed by atoms with E-state index in [1.165, 1.54) is 21.2 Å². The van der Waals surface area contributed by atoms with Gasteiger partial charge in [0.1, 0.15) is 5.75 Å². The smallest absolute Gasteiger partial charge is 0.118 e. The first-order valence-electron chi connectivity index (χ1n) is 10.4. The van der Waals surface area contributed by atoms with Crippen molar-refractivity contribution in [1.29, 1.82) is 0 Å². The fourth-order valence-corrected chi connectivity index (χ4v) is 2.53. The molecule has 1 aliphatic carbocycles. The van der Waals surface area contributed by atoms with E-state index in [1.54, 1.807) is 0 Å². The number of hydrogen-bond acceptors (Lipinski definition) is 3. The number of hydrogen-bond donors (Lipinski definition) is 1. The van der Waals surface area contributed by atoms with E-state index in [2.05, 4.69) is 0 Å². The van der Waals surface area contributed by atoms with Gasteiger partial charge in [0.05, 0.1) is 18.2 Å². The van der Waals surface area contributed by atoms with Crippen molar-refractivity contribution in [3.05, 3.63) is 29.7 Å². The molecule has 3 nitrogen and oxygen atoms in total. The summed E-state index contributed by atoms with van der Waals surface area (Å²) in [5.74, 6) is -2.70. The fraction of sp³-hybridized carbons (Fsp3) is 0.647. The quantitative estimate of drug-likeness (QED) is 0.902. The third-order valence-electron chi connectivity index (χ3n) is 3.54. The summed E-state index contributed by atoms with van der Waals surface area (Å²) in [5, 5.41) is 11.4. The Morgan fingerprint density at radius 2 is 1.95 bits per heavy atom. The Morgan fingerprint density at radius 3 is 2.45 bits per heavy atom. The molecule has 1 unspecified atom stereocenters. The third kappa shape index (κ3) is 3.53. The van der Waals surface area contributed by atoms with Gasteiger partial charge in [0.25, 0.3) is 0 Å². The summed E-state index contributed by atoms with van der Waals surface area (Å²) in [7, 11) is 4.08. The summed E-state index contributed by atoms with van der Waals surface area (Å²) < 4.78 is 64.3. The number of aliphatic hydroxyl groups is 1. The second-order valence-electron chi connectivity index (χ2n) is 5.38. The van der Waals surface area contributed by atoms with Gasteiger partial charge < -0.3 is 14.7 Å². The Balaban J connectivity index is 2.92. The molecule has 1 aromatic carbocycles. The normalized spacial score (nSPS) is 27.1. The molecule has 1 N–H and O–H groups in total. The van der Waals surface area contributed by atoms with E-state index in [0.29, 0.717) is 12.8 Å². The average molecular weight is 284 g/mol. The van der Waals surface area contributed by atoms with Crippen molar-refractivity contribution in [3.8, 4) is 5.75 Å². The lowest BCUT2D eigenvalue weighted by atomic mass is 9.72. The van der Waals surface area contributed by atoms with Crippen molar-refractivity contribution in [3.63, 3.8) is 0 Å². The molecule has 0 spiro atoms. The van der Waals surface area contributed by atoms with Crippen molar-refractivity contribution in [2.75, 3.05) is 27.7 Å². The Morgan fingerprint density at radius 1 is 1.35 bits per heavy atom. The van der Waals surface area contributed by atoms with Crippen molar-refractivity contribution in [1.82, 2.24) is 4.90 Å². The van der Waals surface area contributed by atoms with Crippen LogP contribution in [0.4, 0.5) is 0 Å². The van der Waals surface area contributed by atoms with Gasteiger partial charge in [-0.15, -0.1) is 0 Å². The van der Waals surface area contributed by atoms with E-state index < -0.39 is 47.7 Å². The molecule has 0 heterocycles. The van der Waals surface area contributed by atoms with Crippen LogP contribution in [0.5, 0.6) is 5.75 Å². The Hall–Kier alpha value is -1.06. The van der Waals surface area contributed by atoms with Gasteiger partial charge in [-0.25, -0.2) is 0 Å². The molecule has 1 saturated carbocycles. The van der Waals surface area contributed by atoms with Crippen LogP contribution in [0.25, 0.3) is 0 Å². The molecule has 1 atom stereocenters. The molecule has 2 rings (SSSR count). The van der Waals surface area contributed by atoms with Gasteiger partial charge in [0.15, 0.2) is 0 Å². The number of likely N-dealkylation sites (N-methyl/N-ethyl adjacent to an activating group) is 1. The van der Waals surface area contributed by atoms with Crippen LogP contribution in [-0.4, -0.2) is 43.3 Å². The molecule has 0 radical (unpaired) electrons. The highest BCUT2D eigenvalue weighted by Gasteiger charge is 2.38. The number of rotatable bonds is 5. The van der Waals surface area contributed by atoms with E-state index >= 15 is 0 Å². The third-order valence-corrected chi connectivity index (χ3v) is 3.54. The molecule has 112 valence electrons. The zero-order chi connectivity index (χ0) is 20.8. The summed E-state index contributed by atoms with van der Waals surface area (Å²) in [5.41, 5.74) is -2.28. The summed E-state index contributed by atoms with van der Waals surface area (Å²) in [4.78, 5) is 1.14. The summed E-state index contributed by atoms with van der Waals surface area (Å²) in [6.07, 6.45) is 2.34. The number of ether oxygens (including phenoxy) is 1. The molecular formula is C17H27NO2. The first kappa shape index (κ1) is 8.40. The number of nitrogens with zero attached hydrogens (tertiary/aromatic N) is 1. The molecule has 0 aliphatic heterocycles. The molecule has 20 heavy (non-hydrogen) atoms. The van der Waals surface area contributed by atoms with Gasteiger partial charge in [-0.1, -0.05) is 31.3 Å². The molecule has 1 fully saturated rings. The van der Waals surface area contributed by atoms with Crippen LogP contribution < -0.4 is 4.74 Å². The Bertz CT molecular complexity index is 691. The molecule has 0 saturated heterocycles. The van der Waals surface area contributed by atoms with Gasteiger partial charge in [0, 0.05) is 16.5 Å². The van der Waals surface area contributed by atoms with Crippen molar-refractivity contribution in [2.45, 2.75) is 43.6 Å². The highest BCUT2D eigenvalue weighted by molar-refractivity contribution is 5.31. The van der Waals surface area contributed by atoms with E-state index in [0.717, 1.165) is 11.3 Å². The largest absolute Gasteiger partial charge is 0.497 e. The van der Waals surface area contributed by atoms with Gasteiger partial charge in [-0.2, -0.15) is 0 Å². The van der Waals surface area contributed by atoms with Gasteiger partial charge >= 0.3 is 0 Å². The lowest BCUT2D eigenvalue weighted by Gasteiger charge is -2.40. The van der Waals surface area contributed by atoms with Gasteiger partial charge in [-0.05, 0) is 44.6 Å². The van der Waals surface area contributed by atoms with E-state index in [4.69, 9.17) is 13.0 Å². The molecule has 0 amide bonds. The highest BCUT2D eigenvalue weighted by Crippen LogP contribution is 2.40. The SMILES string of the molecule is [2H]c1c([2H])c(C([2H])(C2(O)CCCCC2)C([2H])([2H])N(C)C)c([2H])c([2H])c1OC. The predicted octanol–water partition coefficient (Wildman–Crippen LogP) is 3.04. The molecule has 0 aromatic heterocycles. The van der Waals surface area contributed by atoms with Crippen LogP contribution in [-0.2, 0) is 0 Å². The minimum absolute atomic E-state index is 0.148. The molecule has 1 aliphatic rings. The van der Waals surface area contributed by atoms with Crippen LogP contribution in [0.1, 0.15) is 53.2 Å². The first-order chi connectivity index (χ1) is 12.4. The maximum atomic E-state index is 11.4. The van der Waals surface area contributed by atoms with Crippen LogP contribution in [0.3, 0.4) is 0 Å². The second kappa shape index (κ2) is 6.59. The van der Waals surface area contributed by atoms with E-state index in [9.17, 15) is 6.48 Å². The summed E-state index contributed by atoms with van der Waals surface area (Å²) in [6.45, 7) is -2.46. The summed E-state index contributed by atoms with van der Waals surface area (Å²) in [6, 6.07) is -2.10. The molecule has 1 aromatic rings. The second-order valence-corrected chi connectivity index (χ2v) is 5.38. The van der Waals surface area contributed by atoms with Crippen molar-refractivity contribution < 1.29 is 19.4 Å². The Labute approximate surface area is 132 Å². The van der Waals surface area contributed by atoms with Crippen LogP contribution in [0, 0.1) is 0 Å². The lowest BCUT2D eigenvalue weighted by molar-refractivity contribution is -0.0277. The zero-order valence-electron chi connectivity index (χ0n) is 19.3. The average Bonchev–Trinajstić information content (AvgIpc) is 2.60. The number of methoxy groups -OCH3 is 1. The first-order valence-corrected chi connectivity index (χ1v) is 6.91. The molecular weight excluding hydrogens is 250 g/mol. The number of benzene rings is 1. The lowest BCUT2D eigenvalue weighted by Crippen LogP contribution is -2.42. The highest BCUT2D eigenvalue weighted by atomic mass is 16.5. The van der Waals surface area contributed by atoms with Gasteiger partial charge in [0.2, 0.25) is 0 Å². The van der Waals surface area contributed by atoms with E-state index in [-0.39, 0.29) is 18.6 Å². The maximum absolute atomic E-state index is 11.4. The Kier molecular flexibility index (Phi) is 2.77. The van der Waals surface area contributed by atoms with E-state index in [1.807, 2.05) is 0 Å². The summed E-state index contributed by atoms with van der Waals surface area (Å²) >= 11 is 0. The van der Waals surface area contributed by atoms with Crippen LogP contribution >= 0.6 is 0 Å². The monoisotopic (exact) mass is 284 g/mol. The van der Waals surface area contributed by atoms with Crippen LogP contribution in [0.15, 0.2) is 24.2 Å². The van der Waals surface area contributed by atoms with Crippen LogP contribution in [0.2, 0.25) is 0 Å². The predicted molar refractivity (Wildman–Crippen MR) is 82.3 cm³/mol. The van der Waals surface area contributed by atoms with Crippen molar-refractivity contribution >= 4 is 0 Å². The van der Waals surface area contributed by atoms with Gasteiger partial charge in [-0.3, -0.25) is 0 Å².